The highest BCUT2D eigenvalue weighted by atomic mass is 16.6. The molecule has 0 heterocycles. The van der Waals surface area contributed by atoms with Crippen LogP contribution in [-0.4, -0.2) is 37.2 Å². The zero-order chi connectivity index (χ0) is 55.7. The number of rotatable bonds is 55. The second-order valence-electron chi connectivity index (χ2n) is 20.2. The summed E-state index contributed by atoms with van der Waals surface area (Å²) < 4.78 is 16.9. The molecule has 0 N–H and O–H groups in total. The van der Waals surface area contributed by atoms with Crippen LogP contribution in [-0.2, 0) is 28.6 Å². The Morgan fingerprint density at radius 3 is 0.818 bits per heavy atom. The Hall–Kier alpha value is -4.71. The molecular formula is C71H114O6. The fourth-order valence-electron chi connectivity index (χ4n) is 8.17. The van der Waals surface area contributed by atoms with Crippen LogP contribution in [0.4, 0.5) is 0 Å². The lowest BCUT2D eigenvalue weighted by Crippen LogP contribution is -2.30. The molecule has 0 amide bonds. The molecule has 77 heavy (non-hydrogen) atoms. The molecule has 0 spiro atoms. The molecule has 0 rings (SSSR count). The van der Waals surface area contributed by atoms with Crippen LogP contribution in [0.2, 0.25) is 0 Å². The number of hydrogen-bond donors (Lipinski definition) is 0. The van der Waals surface area contributed by atoms with Crippen molar-refractivity contribution in [2.75, 3.05) is 13.2 Å². The van der Waals surface area contributed by atoms with E-state index in [2.05, 4.69) is 167 Å². The molecule has 1 atom stereocenters. The molecule has 6 heteroatoms. The SMILES string of the molecule is CC/C=C\C/C=C\C/C=C\C/C=C\C/C=C\C/C=C\CCCCCCCCCCC(=O)OCC(COC(=O)CCCCCCC/C=C\CCCCCC)OC(=O)CCCCC/C=C\C/C=C\C/C=C\C/C=C\C/C=C\CC. The van der Waals surface area contributed by atoms with Gasteiger partial charge in [-0.25, -0.2) is 0 Å². The van der Waals surface area contributed by atoms with E-state index in [1.54, 1.807) is 0 Å². The van der Waals surface area contributed by atoms with E-state index >= 15 is 0 Å². The van der Waals surface area contributed by atoms with Crippen LogP contribution in [0.1, 0.15) is 265 Å². The molecule has 0 radical (unpaired) electrons. The van der Waals surface area contributed by atoms with Crippen molar-refractivity contribution in [2.24, 2.45) is 0 Å². The second kappa shape index (κ2) is 63.8. The molecule has 0 aliphatic heterocycles. The second-order valence-corrected chi connectivity index (χ2v) is 20.2. The molecule has 0 fully saturated rings. The molecular weight excluding hydrogens is 949 g/mol. The molecule has 0 aromatic rings. The molecule has 0 aliphatic rings. The number of esters is 3. The van der Waals surface area contributed by atoms with E-state index in [1.807, 2.05) is 0 Å². The first-order valence-electron chi connectivity index (χ1n) is 31.3. The topological polar surface area (TPSA) is 78.9 Å². The maximum Gasteiger partial charge on any atom is 0.306 e. The van der Waals surface area contributed by atoms with Crippen LogP contribution < -0.4 is 0 Å². The smallest absolute Gasteiger partial charge is 0.306 e. The quantitative estimate of drug-likeness (QED) is 0.0261. The Bertz CT molecular complexity index is 1700. The van der Waals surface area contributed by atoms with Gasteiger partial charge in [-0.15, -0.1) is 0 Å². The molecule has 6 nitrogen and oxygen atoms in total. The summed E-state index contributed by atoms with van der Waals surface area (Å²) in [7, 11) is 0. The first-order valence-corrected chi connectivity index (χ1v) is 31.3. The first kappa shape index (κ1) is 72.3. The predicted molar refractivity (Wildman–Crippen MR) is 334 cm³/mol. The van der Waals surface area contributed by atoms with E-state index in [0.29, 0.717) is 12.8 Å². The van der Waals surface area contributed by atoms with Crippen LogP contribution >= 0.6 is 0 Å². The van der Waals surface area contributed by atoms with Gasteiger partial charge in [0, 0.05) is 19.3 Å². The summed E-state index contributed by atoms with van der Waals surface area (Å²) in [6.07, 6.45) is 91.3. The van der Waals surface area contributed by atoms with Crippen LogP contribution in [0.3, 0.4) is 0 Å². The minimum Gasteiger partial charge on any atom is -0.462 e. The fourth-order valence-corrected chi connectivity index (χ4v) is 8.17. The Labute approximate surface area is 474 Å². The largest absolute Gasteiger partial charge is 0.462 e. The molecule has 0 aliphatic carbocycles. The summed E-state index contributed by atoms with van der Waals surface area (Å²) in [6.45, 7) is 6.35. The van der Waals surface area contributed by atoms with Gasteiger partial charge in [-0.05, 0) is 141 Å². The van der Waals surface area contributed by atoms with E-state index in [-0.39, 0.29) is 37.5 Å². The van der Waals surface area contributed by atoms with E-state index in [0.717, 1.165) is 154 Å². The predicted octanol–water partition coefficient (Wildman–Crippen LogP) is 21.5. The molecule has 0 saturated heterocycles. The molecule has 0 aromatic heterocycles. The normalized spacial score (nSPS) is 13.1. The fraction of sp³-hybridized carbons (Fsp3) is 0.620. The van der Waals surface area contributed by atoms with Crippen LogP contribution in [0.15, 0.2) is 146 Å². The van der Waals surface area contributed by atoms with Gasteiger partial charge in [-0.1, -0.05) is 250 Å². The highest BCUT2D eigenvalue weighted by Crippen LogP contribution is 2.14. The van der Waals surface area contributed by atoms with Crippen LogP contribution in [0.5, 0.6) is 0 Å². The van der Waals surface area contributed by atoms with Gasteiger partial charge in [0.25, 0.3) is 0 Å². The van der Waals surface area contributed by atoms with Crippen LogP contribution in [0, 0.1) is 0 Å². The molecule has 0 bridgehead atoms. The van der Waals surface area contributed by atoms with Gasteiger partial charge >= 0.3 is 17.9 Å². The molecule has 434 valence electrons. The number of carbonyl (C=O) groups is 3. The Morgan fingerprint density at radius 1 is 0.273 bits per heavy atom. The average molecular weight is 1060 g/mol. The standard InChI is InChI=1S/C71H114O6/c1-4-7-10-13-16-19-22-25-27-29-31-32-33-34-35-36-37-38-40-41-43-46-49-52-55-58-61-64-70(73)76-67-68(66-75-69(72)63-60-57-54-51-48-45-24-21-18-15-12-9-6-3)77-71(74)65-62-59-56-53-50-47-44-42-39-30-28-26-23-20-17-14-11-8-5-2/h7-8,10-11,16-17,19-21,24-28,31-32,34-35,37-39,42,47,50,68H,4-6,9,12-15,18,22-23,29-30,33,36,40-41,43-46,48-49,51-67H2,1-3H3/b10-7-,11-8-,19-16-,20-17-,24-21-,27-25-,28-26-,32-31-,35-34-,38-37-,42-39-,50-47-. The van der Waals surface area contributed by atoms with E-state index in [1.165, 1.54) is 70.6 Å². The van der Waals surface area contributed by atoms with E-state index in [9.17, 15) is 14.4 Å². The molecule has 1 unspecified atom stereocenters. The zero-order valence-electron chi connectivity index (χ0n) is 49.7. The lowest BCUT2D eigenvalue weighted by atomic mass is 10.1. The highest BCUT2D eigenvalue weighted by molar-refractivity contribution is 5.71. The number of allylic oxidation sites excluding steroid dienone is 24. The van der Waals surface area contributed by atoms with Gasteiger partial charge in [0.1, 0.15) is 13.2 Å². The van der Waals surface area contributed by atoms with Crippen molar-refractivity contribution >= 4 is 17.9 Å². The Morgan fingerprint density at radius 2 is 0.506 bits per heavy atom. The monoisotopic (exact) mass is 1060 g/mol. The van der Waals surface area contributed by atoms with Crippen molar-refractivity contribution in [2.45, 2.75) is 271 Å². The third-order valence-corrected chi connectivity index (χ3v) is 12.8. The van der Waals surface area contributed by atoms with Gasteiger partial charge in [0.05, 0.1) is 0 Å². The van der Waals surface area contributed by atoms with Gasteiger partial charge in [0.2, 0.25) is 0 Å². The lowest BCUT2D eigenvalue weighted by molar-refractivity contribution is -0.167. The minimum absolute atomic E-state index is 0.103. The Kier molecular flexibility index (Phi) is 59.9. The summed E-state index contributed by atoms with van der Waals surface area (Å²) >= 11 is 0. The zero-order valence-corrected chi connectivity index (χ0v) is 49.7. The number of unbranched alkanes of at least 4 members (excludes halogenated alkanes) is 20. The van der Waals surface area contributed by atoms with Crippen molar-refractivity contribution in [3.8, 4) is 0 Å². The molecule has 0 saturated carbocycles. The maximum atomic E-state index is 12.9. The van der Waals surface area contributed by atoms with Crippen LogP contribution in [0.25, 0.3) is 0 Å². The van der Waals surface area contributed by atoms with Crippen molar-refractivity contribution in [1.82, 2.24) is 0 Å². The van der Waals surface area contributed by atoms with Gasteiger partial charge < -0.3 is 14.2 Å². The first-order chi connectivity index (χ1) is 38.0. The number of carbonyl (C=O) groups excluding carboxylic acids is 3. The third-order valence-electron chi connectivity index (χ3n) is 12.8. The van der Waals surface area contributed by atoms with E-state index < -0.39 is 6.10 Å². The average Bonchev–Trinajstić information content (AvgIpc) is 3.43. The number of hydrogen-bond acceptors (Lipinski definition) is 6. The van der Waals surface area contributed by atoms with Crippen molar-refractivity contribution in [3.05, 3.63) is 146 Å². The van der Waals surface area contributed by atoms with Crippen molar-refractivity contribution in [3.63, 3.8) is 0 Å². The summed E-state index contributed by atoms with van der Waals surface area (Å²) in [5.41, 5.74) is 0. The van der Waals surface area contributed by atoms with E-state index in [4.69, 9.17) is 14.2 Å². The van der Waals surface area contributed by atoms with Gasteiger partial charge in [-0.2, -0.15) is 0 Å². The summed E-state index contributed by atoms with van der Waals surface area (Å²) in [6, 6.07) is 0. The molecule has 0 aromatic carbocycles. The summed E-state index contributed by atoms with van der Waals surface area (Å²) in [5.74, 6) is -0.954. The summed E-state index contributed by atoms with van der Waals surface area (Å²) in [4.78, 5) is 38.3. The summed E-state index contributed by atoms with van der Waals surface area (Å²) in [5, 5.41) is 0. The van der Waals surface area contributed by atoms with Crippen molar-refractivity contribution in [1.29, 1.82) is 0 Å². The lowest BCUT2D eigenvalue weighted by Gasteiger charge is -2.18. The third kappa shape index (κ3) is 62.0. The van der Waals surface area contributed by atoms with Crippen molar-refractivity contribution < 1.29 is 28.6 Å². The highest BCUT2D eigenvalue weighted by Gasteiger charge is 2.19. The van der Waals surface area contributed by atoms with Gasteiger partial charge in [0.15, 0.2) is 6.10 Å². The number of ether oxygens (including phenoxy) is 3. The maximum absolute atomic E-state index is 12.9. The minimum atomic E-state index is -0.809. The van der Waals surface area contributed by atoms with Gasteiger partial charge in [-0.3, -0.25) is 14.4 Å². The Balaban J connectivity index is 4.42.